The molecule has 0 radical (unpaired) electrons. The van der Waals surface area contributed by atoms with Gasteiger partial charge in [-0.2, -0.15) is 0 Å². The fraction of sp³-hybridized carbons (Fsp3) is 0.391. The molecular weight excluding hydrogens is 376 g/mol. The van der Waals surface area contributed by atoms with Crippen molar-refractivity contribution >= 4 is 23.5 Å². The highest BCUT2D eigenvalue weighted by Gasteiger charge is 2.20. The van der Waals surface area contributed by atoms with Crippen LogP contribution < -0.4 is 4.74 Å². The Morgan fingerprint density at radius 1 is 0.893 bits per heavy atom. The highest BCUT2D eigenvalue weighted by Crippen LogP contribution is 2.23. The summed E-state index contributed by atoms with van der Waals surface area (Å²) >= 11 is 5.93. The molecule has 0 amide bonds. The first-order chi connectivity index (χ1) is 13.5. The number of aryl methyl sites for hydroxylation is 1. The van der Waals surface area contributed by atoms with Crippen molar-refractivity contribution < 1.29 is 19.1 Å². The molecule has 2 rings (SSSR count). The van der Waals surface area contributed by atoms with Crippen LogP contribution in [0.1, 0.15) is 71.7 Å². The van der Waals surface area contributed by atoms with E-state index >= 15 is 0 Å². The fourth-order valence-electron chi connectivity index (χ4n) is 2.85. The first kappa shape index (κ1) is 22.0. The summed E-state index contributed by atoms with van der Waals surface area (Å²) in [5, 5.41) is 0.566. The Kier molecular flexibility index (Phi) is 9.02. The summed E-state index contributed by atoms with van der Waals surface area (Å²) in [4.78, 5) is 25.0. The molecule has 0 aliphatic carbocycles. The van der Waals surface area contributed by atoms with Gasteiger partial charge in [-0.1, -0.05) is 62.8 Å². The molecule has 4 nitrogen and oxygen atoms in total. The van der Waals surface area contributed by atoms with E-state index in [-0.39, 0.29) is 11.1 Å². The van der Waals surface area contributed by atoms with Gasteiger partial charge in [-0.3, -0.25) is 0 Å². The number of unbranched alkanes of at least 4 members (excludes halogenated alkanes) is 5. The Balaban J connectivity index is 1.95. The number of hydrogen-bond donors (Lipinski definition) is 0. The normalized spacial score (nSPS) is 10.5. The molecule has 0 heterocycles. The third kappa shape index (κ3) is 6.68. The largest absolute Gasteiger partial charge is 0.462 e. The van der Waals surface area contributed by atoms with Gasteiger partial charge in [0.25, 0.3) is 0 Å². The SMILES string of the molecule is CCCCCCCCOC(=O)c1ccccc1C(=O)Oc1ccc(Cl)cc1C. The summed E-state index contributed by atoms with van der Waals surface area (Å²) in [5.41, 5.74) is 1.14. The van der Waals surface area contributed by atoms with Crippen LogP contribution in [0.2, 0.25) is 5.02 Å². The predicted molar refractivity (Wildman–Crippen MR) is 111 cm³/mol. The number of esters is 2. The van der Waals surface area contributed by atoms with Crippen LogP contribution in [0, 0.1) is 6.92 Å². The zero-order valence-corrected chi connectivity index (χ0v) is 17.3. The van der Waals surface area contributed by atoms with E-state index in [1.165, 1.54) is 19.3 Å². The van der Waals surface area contributed by atoms with Gasteiger partial charge in [-0.25, -0.2) is 9.59 Å². The first-order valence-electron chi connectivity index (χ1n) is 9.77. The molecule has 0 aliphatic rings. The molecule has 0 aliphatic heterocycles. The monoisotopic (exact) mass is 402 g/mol. The molecule has 2 aromatic carbocycles. The smallest absolute Gasteiger partial charge is 0.344 e. The van der Waals surface area contributed by atoms with Crippen LogP contribution in [0.5, 0.6) is 5.75 Å². The maximum Gasteiger partial charge on any atom is 0.344 e. The molecular formula is C23H27ClO4. The van der Waals surface area contributed by atoms with E-state index in [1.807, 2.05) is 0 Å². The lowest BCUT2D eigenvalue weighted by atomic mass is 10.1. The second kappa shape index (κ2) is 11.5. The van der Waals surface area contributed by atoms with E-state index in [4.69, 9.17) is 21.1 Å². The Morgan fingerprint density at radius 3 is 2.21 bits per heavy atom. The molecule has 5 heteroatoms. The number of benzene rings is 2. The number of carbonyl (C=O) groups is 2. The Hall–Kier alpha value is -2.33. The molecule has 0 aromatic heterocycles. The van der Waals surface area contributed by atoms with Crippen molar-refractivity contribution in [2.45, 2.75) is 52.4 Å². The van der Waals surface area contributed by atoms with Gasteiger partial charge in [0.1, 0.15) is 5.75 Å². The minimum atomic E-state index is -0.600. The lowest BCUT2D eigenvalue weighted by molar-refractivity contribution is 0.0489. The molecule has 0 saturated carbocycles. The fourth-order valence-corrected chi connectivity index (χ4v) is 3.07. The standard InChI is InChI=1S/C23H27ClO4/c1-3-4-5-6-7-10-15-27-22(25)19-11-8-9-12-20(19)23(26)28-21-14-13-18(24)16-17(21)2/h8-9,11-14,16H,3-7,10,15H2,1-2H3. The summed E-state index contributed by atoms with van der Waals surface area (Å²) < 4.78 is 10.8. The molecule has 28 heavy (non-hydrogen) atoms. The number of carbonyl (C=O) groups excluding carboxylic acids is 2. The molecule has 0 unspecified atom stereocenters. The third-order valence-corrected chi connectivity index (χ3v) is 4.67. The molecule has 0 atom stereocenters. The van der Waals surface area contributed by atoms with E-state index in [0.717, 1.165) is 24.8 Å². The van der Waals surface area contributed by atoms with Crippen molar-refractivity contribution in [1.82, 2.24) is 0 Å². The Morgan fingerprint density at radius 2 is 1.54 bits per heavy atom. The Labute approximate surface area is 171 Å². The van der Waals surface area contributed by atoms with Gasteiger partial charge in [0.05, 0.1) is 17.7 Å². The summed E-state index contributed by atoms with van der Waals surface area (Å²) in [5.74, 6) is -0.698. The number of rotatable bonds is 10. The van der Waals surface area contributed by atoms with Gasteiger partial charge in [0.2, 0.25) is 0 Å². The summed E-state index contributed by atoms with van der Waals surface area (Å²) in [7, 11) is 0. The van der Waals surface area contributed by atoms with Gasteiger partial charge in [-0.05, 0) is 49.2 Å². The van der Waals surface area contributed by atoms with Crippen molar-refractivity contribution in [3.63, 3.8) is 0 Å². The van der Waals surface area contributed by atoms with Crippen molar-refractivity contribution in [2.75, 3.05) is 6.61 Å². The van der Waals surface area contributed by atoms with Crippen molar-refractivity contribution in [2.24, 2.45) is 0 Å². The second-order valence-corrected chi connectivity index (χ2v) is 7.19. The van der Waals surface area contributed by atoms with Gasteiger partial charge < -0.3 is 9.47 Å². The van der Waals surface area contributed by atoms with Crippen LogP contribution >= 0.6 is 11.6 Å². The maximum atomic E-state index is 12.6. The van der Waals surface area contributed by atoms with Gasteiger partial charge >= 0.3 is 11.9 Å². The molecule has 2 aromatic rings. The van der Waals surface area contributed by atoms with Gasteiger partial charge in [-0.15, -0.1) is 0 Å². The van der Waals surface area contributed by atoms with Crippen LogP contribution in [-0.4, -0.2) is 18.5 Å². The minimum Gasteiger partial charge on any atom is -0.462 e. The van der Waals surface area contributed by atoms with Crippen LogP contribution in [0.15, 0.2) is 42.5 Å². The number of hydrogen-bond acceptors (Lipinski definition) is 4. The number of halogens is 1. The summed E-state index contributed by atoms with van der Waals surface area (Å²) in [6.45, 7) is 4.33. The van der Waals surface area contributed by atoms with E-state index in [0.29, 0.717) is 17.4 Å². The first-order valence-corrected chi connectivity index (χ1v) is 10.1. The van der Waals surface area contributed by atoms with Crippen LogP contribution in [0.3, 0.4) is 0 Å². The average molecular weight is 403 g/mol. The molecule has 0 fully saturated rings. The summed E-state index contributed by atoms with van der Waals surface area (Å²) in [6, 6.07) is 11.5. The van der Waals surface area contributed by atoms with Crippen LogP contribution in [0.4, 0.5) is 0 Å². The van der Waals surface area contributed by atoms with Gasteiger partial charge in [0.15, 0.2) is 0 Å². The lowest BCUT2D eigenvalue weighted by Crippen LogP contribution is -2.16. The van der Waals surface area contributed by atoms with E-state index < -0.39 is 11.9 Å². The second-order valence-electron chi connectivity index (χ2n) is 6.75. The van der Waals surface area contributed by atoms with Crippen LogP contribution in [0.25, 0.3) is 0 Å². The highest BCUT2D eigenvalue weighted by molar-refractivity contribution is 6.30. The number of ether oxygens (including phenoxy) is 2. The zero-order chi connectivity index (χ0) is 20.4. The van der Waals surface area contributed by atoms with E-state index in [2.05, 4.69) is 6.92 Å². The van der Waals surface area contributed by atoms with Crippen molar-refractivity contribution in [1.29, 1.82) is 0 Å². The van der Waals surface area contributed by atoms with Crippen molar-refractivity contribution in [3.8, 4) is 5.75 Å². The molecule has 0 bridgehead atoms. The zero-order valence-electron chi connectivity index (χ0n) is 16.5. The van der Waals surface area contributed by atoms with E-state index in [1.54, 1.807) is 49.4 Å². The molecule has 0 spiro atoms. The van der Waals surface area contributed by atoms with Crippen molar-refractivity contribution in [3.05, 3.63) is 64.2 Å². The van der Waals surface area contributed by atoms with Gasteiger partial charge in [0, 0.05) is 5.02 Å². The maximum absolute atomic E-state index is 12.6. The quantitative estimate of drug-likeness (QED) is 0.262. The minimum absolute atomic E-state index is 0.185. The highest BCUT2D eigenvalue weighted by atomic mass is 35.5. The van der Waals surface area contributed by atoms with E-state index in [9.17, 15) is 9.59 Å². The molecule has 0 N–H and O–H groups in total. The predicted octanol–water partition coefficient (Wildman–Crippen LogP) is 6.38. The average Bonchev–Trinajstić information content (AvgIpc) is 2.69. The van der Waals surface area contributed by atoms with Crippen LogP contribution in [-0.2, 0) is 4.74 Å². The molecule has 0 saturated heterocycles. The topological polar surface area (TPSA) is 52.6 Å². The molecule has 150 valence electrons. The summed E-state index contributed by atoms with van der Waals surface area (Å²) in [6.07, 6.45) is 6.66. The lowest BCUT2D eigenvalue weighted by Gasteiger charge is -2.11. The third-order valence-electron chi connectivity index (χ3n) is 4.44. The Bertz CT molecular complexity index is 801.